The second-order valence-electron chi connectivity index (χ2n) is 3.44. The SMILES string of the molecule is CCCc1ccnc(C(CC)CO)n1. The number of hydrogen-bond donors (Lipinski definition) is 1. The molecule has 0 aromatic carbocycles. The van der Waals surface area contributed by atoms with Crippen LogP contribution in [0.1, 0.15) is 44.1 Å². The van der Waals surface area contributed by atoms with E-state index in [0.717, 1.165) is 30.8 Å². The Bertz CT molecular complexity index is 272. The molecule has 78 valence electrons. The van der Waals surface area contributed by atoms with Crippen molar-refractivity contribution >= 4 is 0 Å². The van der Waals surface area contributed by atoms with Crippen LogP contribution in [-0.4, -0.2) is 21.7 Å². The van der Waals surface area contributed by atoms with Crippen LogP contribution in [0, 0.1) is 0 Å². The highest BCUT2D eigenvalue weighted by Gasteiger charge is 2.10. The van der Waals surface area contributed by atoms with Gasteiger partial charge in [-0.25, -0.2) is 9.97 Å². The van der Waals surface area contributed by atoms with E-state index in [1.54, 1.807) is 6.20 Å². The van der Waals surface area contributed by atoms with Gasteiger partial charge in [0.15, 0.2) is 0 Å². The molecular formula is C11H18N2O. The molecular weight excluding hydrogens is 176 g/mol. The molecule has 1 heterocycles. The van der Waals surface area contributed by atoms with Gasteiger partial charge in [-0.15, -0.1) is 0 Å². The van der Waals surface area contributed by atoms with Crippen molar-refractivity contribution in [1.82, 2.24) is 9.97 Å². The number of aryl methyl sites for hydroxylation is 1. The molecule has 0 radical (unpaired) electrons. The molecule has 0 aliphatic carbocycles. The van der Waals surface area contributed by atoms with Crippen LogP contribution in [0.5, 0.6) is 0 Å². The molecule has 3 heteroatoms. The summed E-state index contributed by atoms with van der Waals surface area (Å²) < 4.78 is 0. The van der Waals surface area contributed by atoms with E-state index in [2.05, 4.69) is 16.9 Å². The molecule has 0 spiro atoms. The minimum absolute atomic E-state index is 0.0896. The third kappa shape index (κ3) is 2.77. The number of aromatic nitrogens is 2. The fourth-order valence-corrected chi connectivity index (χ4v) is 1.40. The van der Waals surface area contributed by atoms with Crippen LogP contribution >= 0.6 is 0 Å². The van der Waals surface area contributed by atoms with Gasteiger partial charge in [0.1, 0.15) is 5.82 Å². The van der Waals surface area contributed by atoms with E-state index < -0.39 is 0 Å². The summed E-state index contributed by atoms with van der Waals surface area (Å²) in [6.45, 7) is 4.30. The van der Waals surface area contributed by atoms with Crippen LogP contribution in [0.3, 0.4) is 0 Å². The molecule has 1 N–H and O–H groups in total. The lowest BCUT2D eigenvalue weighted by atomic mass is 10.1. The second-order valence-corrected chi connectivity index (χ2v) is 3.44. The van der Waals surface area contributed by atoms with Gasteiger partial charge in [0.2, 0.25) is 0 Å². The summed E-state index contributed by atoms with van der Waals surface area (Å²) in [4.78, 5) is 8.63. The zero-order valence-electron chi connectivity index (χ0n) is 8.90. The average molecular weight is 194 g/mol. The zero-order valence-corrected chi connectivity index (χ0v) is 8.90. The van der Waals surface area contributed by atoms with Crippen LogP contribution in [-0.2, 0) is 6.42 Å². The quantitative estimate of drug-likeness (QED) is 0.778. The third-order valence-electron chi connectivity index (χ3n) is 2.32. The van der Waals surface area contributed by atoms with E-state index in [-0.39, 0.29) is 12.5 Å². The van der Waals surface area contributed by atoms with Crippen molar-refractivity contribution in [1.29, 1.82) is 0 Å². The molecule has 0 saturated carbocycles. The van der Waals surface area contributed by atoms with Crippen molar-refractivity contribution in [2.24, 2.45) is 0 Å². The summed E-state index contributed by atoms with van der Waals surface area (Å²) in [5, 5.41) is 9.12. The molecule has 0 aliphatic heterocycles. The minimum atomic E-state index is 0.0896. The van der Waals surface area contributed by atoms with E-state index in [0.29, 0.717) is 0 Å². The Hall–Kier alpha value is -0.960. The number of nitrogens with zero attached hydrogens (tertiary/aromatic N) is 2. The maximum atomic E-state index is 9.12. The Balaban J connectivity index is 2.81. The molecule has 0 bridgehead atoms. The van der Waals surface area contributed by atoms with Crippen LogP contribution < -0.4 is 0 Å². The van der Waals surface area contributed by atoms with Gasteiger partial charge < -0.3 is 5.11 Å². The van der Waals surface area contributed by atoms with Gasteiger partial charge in [0, 0.05) is 17.8 Å². The molecule has 1 aromatic heterocycles. The smallest absolute Gasteiger partial charge is 0.133 e. The summed E-state index contributed by atoms with van der Waals surface area (Å²) in [5.41, 5.74) is 1.07. The van der Waals surface area contributed by atoms with E-state index >= 15 is 0 Å². The van der Waals surface area contributed by atoms with E-state index in [1.165, 1.54) is 0 Å². The fraction of sp³-hybridized carbons (Fsp3) is 0.636. The van der Waals surface area contributed by atoms with Crippen molar-refractivity contribution in [3.8, 4) is 0 Å². The topological polar surface area (TPSA) is 46.0 Å². The number of aliphatic hydroxyl groups excluding tert-OH is 1. The summed E-state index contributed by atoms with van der Waals surface area (Å²) >= 11 is 0. The molecule has 0 amide bonds. The molecule has 1 atom stereocenters. The van der Waals surface area contributed by atoms with Crippen molar-refractivity contribution in [3.05, 3.63) is 23.8 Å². The summed E-state index contributed by atoms with van der Waals surface area (Å²) in [5.74, 6) is 0.868. The molecule has 1 aromatic rings. The molecule has 14 heavy (non-hydrogen) atoms. The van der Waals surface area contributed by atoms with Crippen molar-refractivity contribution < 1.29 is 5.11 Å². The van der Waals surface area contributed by atoms with Crippen LogP contribution in [0.2, 0.25) is 0 Å². The lowest BCUT2D eigenvalue weighted by Gasteiger charge is -2.10. The average Bonchev–Trinajstić information content (AvgIpc) is 2.21. The van der Waals surface area contributed by atoms with E-state index in [4.69, 9.17) is 5.11 Å². The monoisotopic (exact) mass is 194 g/mol. The highest BCUT2D eigenvalue weighted by molar-refractivity contribution is 5.05. The molecule has 0 saturated heterocycles. The van der Waals surface area contributed by atoms with Crippen LogP contribution in [0.15, 0.2) is 12.3 Å². The van der Waals surface area contributed by atoms with E-state index in [9.17, 15) is 0 Å². The van der Waals surface area contributed by atoms with Crippen molar-refractivity contribution in [3.63, 3.8) is 0 Å². The fourth-order valence-electron chi connectivity index (χ4n) is 1.40. The van der Waals surface area contributed by atoms with Crippen LogP contribution in [0.25, 0.3) is 0 Å². The Kier molecular flexibility index (Phi) is 4.53. The Morgan fingerprint density at radius 3 is 2.79 bits per heavy atom. The van der Waals surface area contributed by atoms with Crippen LogP contribution in [0.4, 0.5) is 0 Å². The van der Waals surface area contributed by atoms with Crippen molar-refractivity contribution in [2.75, 3.05) is 6.61 Å². The van der Waals surface area contributed by atoms with Crippen molar-refractivity contribution in [2.45, 2.75) is 39.0 Å². The molecule has 0 aliphatic rings. The predicted octanol–water partition coefficient (Wildman–Crippen LogP) is 1.92. The van der Waals surface area contributed by atoms with Gasteiger partial charge in [-0.2, -0.15) is 0 Å². The third-order valence-corrected chi connectivity index (χ3v) is 2.32. The first-order valence-corrected chi connectivity index (χ1v) is 5.24. The maximum absolute atomic E-state index is 9.12. The summed E-state index contributed by atoms with van der Waals surface area (Å²) in [7, 11) is 0. The van der Waals surface area contributed by atoms with Gasteiger partial charge in [-0.05, 0) is 18.9 Å². The summed E-state index contributed by atoms with van der Waals surface area (Å²) in [6.07, 6.45) is 4.74. The van der Waals surface area contributed by atoms with Gasteiger partial charge >= 0.3 is 0 Å². The first-order chi connectivity index (χ1) is 6.81. The molecule has 3 nitrogen and oxygen atoms in total. The zero-order chi connectivity index (χ0) is 10.4. The minimum Gasteiger partial charge on any atom is -0.396 e. The predicted molar refractivity (Wildman–Crippen MR) is 56.1 cm³/mol. The maximum Gasteiger partial charge on any atom is 0.133 e. The first-order valence-electron chi connectivity index (χ1n) is 5.24. The lowest BCUT2D eigenvalue weighted by Crippen LogP contribution is -2.08. The van der Waals surface area contributed by atoms with Gasteiger partial charge in [-0.3, -0.25) is 0 Å². The molecule has 1 unspecified atom stereocenters. The highest BCUT2D eigenvalue weighted by atomic mass is 16.3. The Morgan fingerprint density at radius 1 is 1.43 bits per heavy atom. The standard InChI is InChI=1S/C11H18N2O/c1-3-5-10-6-7-12-11(13-10)9(4-2)8-14/h6-7,9,14H,3-5,8H2,1-2H3. The number of rotatable bonds is 5. The lowest BCUT2D eigenvalue weighted by molar-refractivity contribution is 0.257. The Morgan fingerprint density at radius 2 is 2.21 bits per heavy atom. The largest absolute Gasteiger partial charge is 0.396 e. The normalized spacial score (nSPS) is 12.8. The Labute approximate surface area is 85.2 Å². The molecule has 1 rings (SSSR count). The first kappa shape index (κ1) is 11.1. The summed E-state index contributed by atoms with van der Waals surface area (Å²) in [6, 6.07) is 1.94. The van der Waals surface area contributed by atoms with Gasteiger partial charge in [0.05, 0.1) is 6.61 Å². The highest BCUT2D eigenvalue weighted by Crippen LogP contribution is 2.14. The number of hydrogen-bond acceptors (Lipinski definition) is 3. The van der Waals surface area contributed by atoms with Gasteiger partial charge in [-0.1, -0.05) is 20.3 Å². The number of aliphatic hydroxyl groups is 1. The second kappa shape index (κ2) is 5.70. The molecule has 0 fully saturated rings. The van der Waals surface area contributed by atoms with Gasteiger partial charge in [0.25, 0.3) is 0 Å². The van der Waals surface area contributed by atoms with E-state index in [1.807, 2.05) is 13.0 Å².